The maximum atomic E-state index is 14.1. The minimum Gasteiger partial charge on any atom is -0.496 e. The van der Waals surface area contributed by atoms with Crippen molar-refractivity contribution in [1.82, 2.24) is 10.3 Å². The van der Waals surface area contributed by atoms with E-state index in [1.165, 1.54) is 54.8 Å². The zero-order chi connectivity index (χ0) is 22.6. The molecule has 1 atom stereocenters. The lowest BCUT2D eigenvalue weighted by molar-refractivity contribution is 0.298. The molecule has 4 rings (SSSR count). The fourth-order valence-corrected chi connectivity index (χ4v) is 5.39. The van der Waals surface area contributed by atoms with E-state index in [4.69, 9.17) is 4.74 Å². The summed E-state index contributed by atoms with van der Waals surface area (Å²) < 4.78 is 19.7. The Kier molecular flexibility index (Phi) is 7.20. The molecule has 1 aliphatic carbocycles. The Morgan fingerprint density at radius 2 is 1.88 bits per heavy atom. The van der Waals surface area contributed by atoms with Gasteiger partial charge in [-0.2, -0.15) is 0 Å². The summed E-state index contributed by atoms with van der Waals surface area (Å²) in [5.74, 6) is 1.31. The minimum absolute atomic E-state index is 0.212. The molecule has 1 unspecified atom stereocenters. The molecule has 4 heteroatoms. The van der Waals surface area contributed by atoms with E-state index in [1.54, 1.807) is 19.2 Å². The molecule has 0 amide bonds. The van der Waals surface area contributed by atoms with E-state index in [0.717, 1.165) is 36.6 Å². The highest BCUT2D eigenvalue weighted by molar-refractivity contribution is 5.80. The number of fused-ring (bicyclic) bond motifs is 1. The predicted octanol–water partition coefficient (Wildman–Crippen LogP) is 6.76. The topological polar surface area (TPSA) is 37.0 Å². The molecule has 0 aliphatic heterocycles. The molecule has 0 spiro atoms. The first kappa shape index (κ1) is 22.8. The SMILES string of the molecule is COc1ccc(F)cc1C(C)(C)CC(Cc1cc2ccccc2[nH]1)NCC1CCCCC1. The number of para-hydroxylation sites is 1. The van der Waals surface area contributed by atoms with Crippen LogP contribution in [0.5, 0.6) is 5.75 Å². The Morgan fingerprint density at radius 1 is 1.09 bits per heavy atom. The molecule has 1 heterocycles. The standard InChI is InChI=1S/C28H37FN2O/c1-28(2,25-16-22(29)13-14-27(25)32-3)18-24(30-19-20-9-5-4-6-10-20)17-23-15-21-11-7-8-12-26(21)31-23/h7-8,11-16,20,24,30-31H,4-6,9-10,17-19H2,1-3H3. The van der Waals surface area contributed by atoms with Crippen LogP contribution in [-0.2, 0) is 11.8 Å². The number of benzene rings is 2. The monoisotopic (exact) mass is 436 g/mol. The van der Waals surface area contributed by atoms with Gasteiger partial charge >= 0.3 is 0 Å². The van der Waals surface area contributed by atoms with Crippen LogP contribution in [0, 0.1) is 11.7 Å². The third-order valence-electron chi connectivity index (χ3n) is 7.12. The highest BCUT2D eigenvalue weighted by Crippen LogP contribution is 2.36. The van der Waals surface area contributed by atoms with Gasteiger partial charge < -0.3 is 15.0 Å². The van der Waals surface area contributed by atoms with E-state index < -0.39 is 0 Å². The summed E-state index contributed by atoms with van der Waals surface area (Å²) in [6.07, 6.45) is 8.55. The van der Waals surface area contributed by atoms with Gasteiger partial charge in [-0.05, 0) is 72.9 Å². The summed E-state index contributed by atoms with van der Waals surface area (Å²) in [5, 5.41) is 5.16. The second-order valence-corrected chi connectivity index (χ2v) is 10.1. The molecular weight excluding hydrogens is 399 g/mol. The van der Waals surface area contributed by atoms with Crippen LogP contribution in [0.3, 0.4) is 0 Å². The summed E-state index contributed by atoms with van der Waals surface area (Å²) in [5.41, 5.74) is 3.12. The summed E-state index contributed by atoms with van der Waals surface area (Å²) in [6, 6.07) is 15.8. The summed E-state index contributed by atoms with van der Waals surface area (Å²) in [4.78, 5) is 3.60. The van der Waals surface area contributed by atoms with Gasteiger partial charge in [-0.1, -0.05) is 51.3 Å². The summed E-state index contributed by atoms with van der Waals surface area (Å²) in [7, 11) is 1.66. The summed E-state index contributed by atoms with van der Waals surface area (Å²) in [6.45, 7) is 5.46. The summed E-state index contributed by atoms with van der Waals surface area (Å²) >= 11 is 0. The molecule has 0 radical (unpaired) electrons. The molecule has 3 nitrogen and oxygen atoms in total. The Bertz CT molecular complexity index is 986. The molecule has 1 fully saturated rings. The van der Waals surface area contributed by atoms with Gasteiger partial charge in [0.15, 0.2) is 0 Å². The number of H-pyrrole nitrogens is 1. The molecule has 3 aromatic rings. The normalized spacial score (nSPS) is 16.4. The van der Waals surface area contributed by atoms with Crippen molar-refractivity contribution in [3.8, 4) is 5.75 Å². The first-order valence-corrected chi connectivity index (χ1v) is 12.1. The van der Waals surface area contributed by atoms with Crippen LogP contribution in [0.4, 0.5) is 4.39 Å². The maximum absolute atomic E-state index is 14.1. The molecular formula is C28H37FN2O. The molecule has 2 N–H and O–H groups in total. The number of halogens is 1. The van der Waals surface area contributed by atoms with Gasteiger partial charge in [0.25, 0.3) is 0 Å². The van der Waals surface area contributed by atoms with Crippen molar-refractivity contribution in [3.63, 3.8) is 0 Å². The third kappa shape index (κ3) is 5.53. The van der Waals surface area contributed by atoms with Crippen molar-refractivity contribution in [2.24, 2.45) is 5.92 Å². The number of ether oxygens (including phenoxy) is 1. The molecule has 0 bridgehead atoms. The highest BCUT2D eigenvalue weighted by Gasteiger charge is 2.29. The Labute approximate surface area is 191 Å². The first-order chi connectivity index (χ1) is 15.4. The lowest BCUT2D eigenvalue weighted by atomic mass is 9.77. The predicted molar refractivity (Wildman–Crippen MR) is 131 cm³/mol. The fourth-order valence-electron chi connectivity index (χ4n) is 5.39. The second kappa shape index (κ2) is 10.1. The average Bonchev–Trinajstić information content (AvgIpc) is 3.20. The van der Waals surface area contributed by atoms with Crippen molar-refractivity contribution in [2.75, 3.05) is 13.7 Å². The van der Waals surface area contributed by atoms with Crippen molar-refractivity contribution >= 4 is 10.9 Å². The van der Waals surface area contributed by atoms with E-state index in [9.17, 15) is 4.39 Å². The number of hydrogen-bond acceptors (Lipinski definition) is 2. The minimum atomic E-state index is -0.232. The third-order valence-corrected chi connectivity index (χ3v) is 7.12. The molecule has 1 saturated carbocycles. The van der Waals surface area contributed by atoms with E-state index in [-0.39, 0.29) is 17.3 Å². The van der Waals surface area contributed by atoms with Gasteiger partial charge in [0.05, 0.1) is 7.11 Å². The van der Waals surface area contributed by atoms with Crippen LogP contribution < -0.4 is 10.1 Å². The second-order valence-electron chi connectivity index (χ2n) is 10.1. The zero-order valence-corrected chi connectivity index (χ0v) is 19.7. The number of aromatic amines is 1. The van der Waals surface area contributed by atoms with E-state index in [1.807, 2.05) is 0 Å². The van der Waals surface area contributed by atoms with E-state index in [2.05, 4.69) is 54.5 Å². The number of rotatable bonds is 9. The molecule has 0 saturated heterocycles. The van der Waals surface area contributed by atoms with Crippen LogP contribution in [-0.4, -0.2) is 24.7 Å². The Hall–Kier alpha value is -2.33. The van der Waals surface area contributed by atoms with Crippen LogP contribution in [0.15, 0.2) is 48.5 Å². The van der Waals surface area contributed by atoms with E-state index in [0.29, 0.717) is 0 Å². The molecule has 172 valence electrons. The smallest absolute Gasteiger partial charge is 0.123 e. The average molecular weight is 437 g/mol. The first-order valence-electron chi connectivity index (χ1n) is 12.1. The fraction of sp³-hybridized carbons (Fsp3) is 0.500. The van der Waals surface area contributed by atoms with Gasteiger partial charge in [0.2, 0.25) is 0 Å². The molecule has 2 aromatic carbocycles. The van der Waals surface area contributed by atoms with Gasteiger partial charge in [0.1, 0.15) is 11.6 Å². The van der Waals surface area contributed by atoms with Crippen molar-refractivity contribution in [2.45, 2.75) is 70.3 Å². The lowest BCUT2D eigenvalue weighted by Crippen LogP contribution is -2.40. The number of hydrogen-bond donors (Lipinski definition) is 2. The maximum Gasteiger partial charge on any atom is 0.123 e. The number of nitrogens with one attached hydrogen (secondary N) is 2. The van der Waals surface area contributed by atoms with Gasteiger partial charge in [0, 0.05) is 29.2 Å². The van der Waals surface area contributed by atoms with Crippen molar-refractivity contribution in [1.29, 1.82) is 0 Å². The van der Waals surface area contributed by atoms with Gasteiger partial charge in [-0.15, -0.1) is 0 Å². The van der Waals surface area contributed by atoms with Crippen LogP contribution in [0.25, 0.3) is 10.9 Å². The quantitative estimate of drug-likeness (QED) is 0.389. The van der Waals surface area contributed by atoms with Crippen LogP contribution in [0.1, 0.15) is 63.6 Å². The largest absolute Gasteiger partial charge is 0.496 e. The highest BCUT2D eigenvalue weighted by atomic mass is 19.1. The van der Waals surface area contributed by atoms with Gasteiger partial charge in [-0.3, -0.25) is 0 Å². The Balaban J connectivity index is 1.55. The van der Waals surface area contributed by atoms with Crippen molar-refractivity contribution in [3.05, 3.63) is 65.6 Å². The van der Waals surface area contributed by atoms with Crippen LogP contribution >= 0.6 is 0 Å². The molecule has 1 aliphatic rings. The van der Waals surface area contributed by atoms with Crippen LogP contribution in [0.2, 0.25) is 0 Å². The number of aromatic nitrogens is 1. The molecule has 32 heavy (non-hydrogen) atoms. The van der Waals surface area contributed by atoms with Crippen molar-refractivity contribution < 1.29 is 9.13 Å². The lowest BCUT2D eigenvalue weighted by Gasteiger charge is -2.33. The van der Waals surface area contributed by atoms with E-state index >= 15 is 0 Å². The zero-order valence-electron chi connectivity index (χ0n) is 19.7. The Morgan fingerprint density at radius 3 is 2.62 bits per heavy atom. The van der Waals surface area contributed by atoms with Gasteiger partial charge in [-0.25, -0.2) is 4.39 Å². The number of methoxy groups -OCH3 is 1. The molecule has 1 aromatic heterocycles.